The van der Waals surface area contributed by atoms with Crippen molar-refractivity contribution in [1.82, 2.24) is 0 Å². The van der Waals surface area contributed by atoms with Gasteiger partial charge in [-0.15, -0.1) is 0 Å². The van der Waals surface area contributed by atoms with E-state index >= 15 is 0 Å². The van der Waals surface area contributed by atoms with Crippen molar-refractivity contribution < 1.29 is 19.1 Å². The van der Waals surface area contributed by atoms with Gasteiger partial charge < -0.3 is 14.8 Å². The summed E-state index contributed by atoms with van der Waals surface area (Å²) < 4.78 is 10.5. The molecule has 1 saturated heterocycles. The van der Waals surface area contributed by atoms with Crippen LogP contribution in [0, 0.1) is 0 Å². The molecule has 0 saturated carbocycles. The van der Waals surface area contributed by atoms with Crippen LogP contribution in [0.5, 0.6) is 11.5 Å². The average Bonchev–Trinajstić information content (AvgIpc) is 2.91. The normalized spacial score (nSPS) is 16.8. The van der Waals surface area contributed by atoms with E-state index in [-0.39, 0.29) is 28.1 Å². The first-order valence-electron chi connectivity index (χ1n) is 7.75. The summed E-state index contributed by atoms with van der Waals surface area (Å²) in [6.45, 7) is 0. The first kappa shape index (κ1) is 18.4. The third-order valence-electron chi connectivity index (χ3n) is 4.06. The molecular formula is C18H16Cl2N2O4. The molecule has 6 nitrogen and oxygen atoms in total. The van der Waals surface area contributed by atoms with E-state index in [9.17, 15) is 9.59 Å². The van der Waals surface area contributed by atoms with Gasteiger partial charge in [0.25, 0.3) is 5.91 Å². The Hall–Kier alpha value is -2.44. The van der Waals surface area contributed by atoms with Crippen LogP contribution in [0.2, 0.25) is 10.0 Å². The SMILES string of the molecule is COc1ccc(N[C@H]2CC(=O)N(c3cccc(Cl)c3Cl)C2=O)c(OC)c1. The van der Waals surface area contributed by atoms with Gasteiger partial charge in [-0.2, -0.15) is 0 Å². The molecule has 0 aromatic heterocycles. The summed E-state index contributed by atoms with van der Waals surface area (Å²) in [4.78, 5) is 26.3. The minimum atomic E-state index is -0.736. The lowest BCUT2D eigenvalue weighted by Gasteiger charge is -2.18. The average molecular weight is 395 g/mol. The van der Waals surface area contributed by atoms with E-state index in [0.717, 1.165) is 4.90 Å². The van der Waals surface area contributed by atoms with Crippen molar-refractivity contribution in [3.8, 4) is 11.5 Å². The Morgan fingerprint density at radius 1 is 1.12 bits per heavy atom. The van der Waals surface area contributed by atoms with Gasteiger partial charge in [0.05, 0.1) is 42.1 Å². The predicted molar refractivity (Wildman–Crippen MR) is 101 cm³/mol. The summed E-state index contributed by atoms with van der Waals surface area (Å²) in [7, 11) is 3.06. The Balaban J connectivity index is 1.87. The zero-order valence-electron chi connectivity index (χ0n) is 14.1. The number of amides is 2. The van der Waals surface area contributed by atoms with Crippen LogP contribution in [-0.4, -0.2) is 32.1 Å². The molecule has 0 bridgehead atoms. The number of nitrogens with one attached hydrogen (secondary N) is 1. The molecule has 0 spiro atoms. The standard InChI is InChI=1S/C18H16Cl2N2O4/c1-25-10-6-7-12(15(8-10)26-2)21-13-9-16(23)22(18(13)24)14-5-3-4-11(19)17(14)20/h3-8,13,21H,9H2,1-2H3/t13-/m0/s1. The minimum Gasteiger partial charge on any atom is -0.497 e. The van der Waals surface area contributed by atoms with Crippen LogP contribution in [0.1, 0.15) is 6.42 Å². The van der Waals surface area contributed by atoms with Gasteiger partial charge in [0.1, 0.15) is 17.5 Å². The molecule has 2 aromatic carbocycles. The van der Waals surface area contributed by atoms with Crippen LogP contribution in [-0.2, 0) is 9.59 Å². The number of ether oxygens (including phenoxy) is 2. The molecule has 3 rings (SSSR count). The van der Waals surface area contributed by atoms with E-state index in [1.165, 1.54) is 7.11 Å². The van der Waals surface area contributed by atoms with Crippen molar-refractivity contribution in [2.75, 3.05) is 24.4 Å². The summed E-state index contributed by atoms with van der Waals surface area (Å²) >= 11 is 12.2. The Kier molecular flexibility index (Phi) is 5.25. The van der Waals surface area contributed by atoms with E-state index in [2.05, 4.69) is 5.32 Å². The van der Waals surface area contributed by atoms with Crippen LogP contribution in [0.25, 0.3) is 0 Å². The molecule has 1 N–H and O–H groups in total. The summed E-state index contributed by atoms with van der Waals surface area (Å²) in [6.07, 6.45) is -0.00312. The van der Waals surface area contributed by atoms with Gasteiger partial charge >= 0.3 is 0 Å². The molecule has 26 heavy (non-hydrogen) atoms. The maximum atomic E-state index is 12.8. The first-order valence-corrected chi connectivity index (χ1v) is 8.51. The van der Waals surface area contributed by atoms with Gasteiger partial charge in [0.15, 0.2) is 0 Å². The summed E-state index contributed by atoms with van der Waals surface area (Å²) in [5.74, 6) is 0.360. The van der Waals surface area contributed by atoms with E-state index < -0.39 is 11.9 Å². The Bertz CT molecular complexity index is 872. The Labute approximate surface area is 160 Å². The second kappa shape index (κ2) is 7.43. The van der Waals surface area contributed by atoms with E-state index in [1.54, 1.807) is 43.5 Å². The highest BCUT2D eigenvalue weighted by Crippen LogP contribution is 2.36. The highest BCUT2D eigenvalue weighted by atomic mass is 35.5. The molecule has 1 fully saturated rings. The van der Waals surface area contributed by atoms with Gasteiger partial charge in [-0.25, -0.2) is 4.90 Å². The molecule has 1 aliphatic heterocycles. The molecule has 8 heteroatoms. The van der Waals surface area contributed by atoms with Gasteiger partial charge in [0.2, 0.25) is 5.91 Å². The molecule has 0 unspecified atom stereocenters. The smallest absolute Gasteiger partial charge is 0.256 e. The molecule has 1 aliphatic rings. The fourth-order valence-corrected chi connectivity index (χ4v) is 3.15. The summed E-state index contributed by atoms with van der Waals surface area (Å²) in [6, 6.07) is 9.23. The monoisotopic (exact) mass is 394 g/mol. The number of methoxy groups -OCH3 is 2. The van der Waals surface area contributed by atoms with Crippen molar-refractivity contribution in [2.45, 2.75) is 12.5 Å². The van der Waals surface area contributed by atoms with Crippen molar-refractivity contribution in [2.24, 2.45) is 0 Å². The molecular weight excluding hydrogens is 379 g/mol. The second-order valence-electron chi connectivity index (χ2n) is 5.61. The van der Waals surface area contributed by atoms with Gasteiger partial charge in [-0.05, 0) is 24.3 Å². The fraction of sp³-hybridized carbons (Fsp3) is 0.222. The minimum absolute atomic E-state index is 0.00312. The van der Waals surface area contributed by atoms with Crippen LogP contribution < -0.4 is 19.7 Å². The molecule has 1 atom stereocenters. The zero-order valence-corrected chi connectivity index (χ0v) is 15.6. The Morgan fingerprint density at radius 3 is 2.58 bits per heavy atom. The molecule has 1 heterocycles. The molecule has 0 aliphatic carbocycles. The van der Waals surface area contributed by atoms with Gasteiger partial charge in [-0.3, -0.25) is 9.59 Å². The number of hydrogen-bond donors (Lipinski definition) is 1. The molecule has 0 radical (unpaired) electrons. The van der Waals surface area contributed by atoms with Crippen molar-refractivity contribution in [1.29, 1.82) is 0 Å². The number of carbonyl (C=O) groups is 2. The third-order valence-corrected chi connectivity index (χ3v) is 4.87. The lowest BCUT2D eigenvalue weighted by molar-refractivity contribution is -0.121. The Morgan fingerprint density at radius 2 is 1.88 bits per heavy atom. The maximum Gasteiger partial charge on any atom is 0.256 e. The number of rotatable bonds is 5. The third kappa shape index (κ3) is 3.30. The topological polar surface area (TPSA) is 67.9 Å². The van der Waals surface area contributed by atoms with Crippen LogP contribution >= 0.6 is 23.2 Å². The van der Waals surface area contributed by atoms with Crippen LogP contribution in [0.3, 0.4) is 0 Å². The number of nitrogens with zero attached hydrogens (tertiary/aromatic N) is 1. The fourth-order valence-electron chi connectivity index (χ4n) is 2.77. The number of halogens is 2. The highest BCUT2D eigenvalue weighted by Gasteiger charge is 2.40. The number of carbonyl (C=O) groups excluding carboxylic acids is 2. The second-order valence-corrected chi connectivity index (χ2v) is 6.39. The maximum absolute atomic E-state index is 12.8. The van der Waals surface area contributed by atoms with Crippen molar-refractivity contribution in [3.05, 3.63) is 46.4 Å². The predicted octanol–water partition coefficient (Wildman–Crippen LogP) is 3.75. The number of imide groups is 1. The number of hydrogen-bond acceptors (Lipinski definition) is 5. The van der Waals surface area contributed by atoms with Crippen LogP contribution in [0.4, 0.5) is 11.4 Å². The molecule has 2 amide bonds. The summed E-state index contributed by atoms with van der Waals surface area (Å²) in [5.41, 5.74) is 0.860. The number of benzene rings is 2. The van der Waals surface area contributed by atoms with E-state index in [0.29, 0.717) is 17.2 Å². The zero-order chi connectivity index (χ0) is 18.8. The lowest BCUT2D eigenvalue weighted by atomic mass is 10.2. The molecule has 136 valence electrons. The first-order chi connectivity index (χ1) is 12.5. The molecule has 2 aromatic rings. The number of anilines is 2. The van der Waals surface area contributed by atoms with Crippen molar-refractivity contribution in [3.63, 3.8) is 0 Å². The van der Waals surface area contributed by atoms with Gasteiger partial charge in [-0.1, -0.05) is 29.3 Å². The van der Waals surface area contributed by atoms with Crippen molar-refractivity contribution >= 4 is 46.4 Å². The van der Waals surface area contributed by atoms with Crippen LogP contribution in [0.15, 0.2) is 36.4 Å². The largest absolute Gasteiger partial charge is 0.497 e. The van der Waals surface area contributed by atoms with Gasteiger partial charge in [0, 0.05) is 6.07 Å². The lowest BCUT2D eigenvalue weighted by Crippen LogP contribution is -2.35. The van der Waals surface area contributed by atoms with E-state index in [1.807, 2.05) is 0 Å². The summed E-state index contributed by atoms with van der Waals surface area (Å²) in [5, 5.41) is 3.50. The quantitative estimate of drug-likeness (QED) is 0.781. The van der Waals surface area contributed by atoms with E-state index in [4.69, 9.17) is 32.7 Å². The highest BCUT2D eigenvalue weighted by molar-refractivity contribution is 6.45.